The Balaban J connectivity index is 1.82. The van der Waals surface area contributed by atoms with Gasteiger partial charge in [0.1, 0.15) is 24.6 Å². The van der Waals surface area contributed by atoms with Crippen LogP contribution in [0.1, 0.15) is 21.7 Å². The number of ketones is 1. The third kappa shape index (κ3) is 3.51. The summed E-state index contributed by atoms with van der Waals surface area (Å²) in [4.78, 5) is 17.4. The summed E-state index contributed by atoms with van der Waals surface area (Å²) in [5, 5.41) is 16.2. The minimum atomic E-state index is -0.465. The van der Waals surface area contributed by atoms with Gasteiger partial charge >= 0.3 is 0 Å². The molecule has 0 atom stereocenters. The number of allylic oxidation sites excluding steroid dienone is 1. The quantitative estimate of drug-likeness (QED) is 0.422. The Kier molecular flexibility index (Phi) is 4.29. The minimum absolute atomic E-state index is 0.0628. The molecule has 6 nitrogen and oxygen atoms in total. The summed E-state index contributed by atoms with van der Waals surface area (Å²) in [5.74, 6) is -0.588. The molecule has 0 unspecified atom stereocenters. The summed E-state index contributed by atoms with van der Waals surface area (Å²) in [6.07, 6.45) is 5.25. The van der Waals surface area contributed by atoms with Crippen LogP contribution in [0.25, 0.3) is 5.76 Å². The molecule has 2 aromatic heterocycles. The smallest absolute Gasteiger partial charge is 0.226 e. The zero-order chi connectivity index (χ0) is 16.2. The molecule has 23 heavy (non-hydrogen) atoms. The van der Waals surface area contributed by atoms with E-state index in [9.17, 15) is 9.90 Å². The number of H-pyrrole nitrogens is 1. The van der Waals surface area contributed by atoms with E-state index in [2.05, 4.69) is 15.2 Å². The number of nitrogens with zero attached hydrogens (tertiary/aromatic N) is 2. The number of hydrogen-bond donors (Lipinski definition) is 2. The van der Waals surface area contributed by atoms with Crippen LogP contribution in [0.5, 0.6) is 0 Å². The summed E-state index contributed by atoms with van der Waals surface area (Å²) in [7, 11) is 0. The fraction of sp³-hybridized carbons (Fsp3) is 0.0625. The minimum Gasteiger partial charge on any atom is -0.507 e. The van der Waals surface area contributed by atoms with Gasteiger partial charge in [0.05, 0.1) is 10.5 Å². The maximum atomic E-state index is 11.9. The van der Waals surface area contributed by atoms with E-state index in [0.717, 1.165) is 11.0 Å². The number of aryl methyl sites for hydroxylation is 1. The first-order valence-electron chi connectivity index (χ1n) is 6.75. The molecule has 7 heteroatoms. The molecule has 0 saturated heterocycles. The van der Waals surface area contributed by atoms with E-state index in [-0.39, 0.29) is 11.6 Å². The van der Waals surface area contributed by atoms with Crippen molar-refractivity contribution < 1.29 is 14.3 Å². The summed E-state index contributed by atoms with van der Waals surface area (Å²) in [6.45, 7) is 2.02. The Bertz CT molecular complexity index is 836. The summed E-state index contributed by atoms with van der Waals surface area (Å²) in [5.41, 5.74) is 1.62. The second-order valence-corrected chi connectivity index (χ2v) is 5.91. The van der Waals surface area contributed by atoms with Gasteiger partial charge in [-0.3, -0.25) is 9.89 Å². The molecule has 0 aliphatic rings. The predicted octanol–water partition coefficient (Wildman–Crippen LogP) is 3.64. The van der Waals surface area contributed by atoms with Gasteiger partial charge < -0.3 is 9.52 Å². The van der Waals surface area contributed by atoms with Crippen molar-refractivity contribution in [2.24, 2.45) is 0 Å². The van der Waals surface area contributed by atoms with Crippen LogP contribution >= 0.6 is 11.8 Å². The number of aliphatic hydroxyl groups is 1. The van der Waals surface area contributed by atoms with Gasteiger partial charge in [0, 0.05) is 11.0 Å². The second kappa shape index (κ2) is 6.53. The van der Waals surface area contributed by atoms with Crippen molar-refractivity contribution in [3.8, 4) is 0 Å². The fourth-order valence-corrected chi connectivity index (χ4v) is 2.77. The van der Waals surface area contributed by atoms with Crippen molar-refractivity contribution in [2.45, 2.75) is 16.7 Å². The van der Waals surface area contributed by atoms with Gasteiger partial charge in [-0.15, -0.1) is 0 Å². The molecule has 2 N–H and O–H groups in total. The summed E-state index contributed by atoms with van der Waals surface area (Å²) in [6, 6.07) is 7.98. The lowest BCUT2D eigenvalue weighted by molar-refractivity contribution is 0.103. The van der Waals surface area contributed by atoms with Gasteiger partial charge in [-0.2, -0.15) is 5.10 Å². The third-order valence-corrected chi connectivity index (χ3v) is 4.11. The SMILES string of the molecule is Cc1ccc(Sc2cocc2C(O)=CC(=O)c2ncn[nH]2)cc1. The summed E-state index contributed by atoms with van der Waals surface area (Å²) < 4.78 is 5.17. The van der Waals surface area contributed by atoms with Crippen molar-refractivity contribution >= 4 is 23.3 Å². The number of rotatable bonds is 5. The average Bonchev–Trinajstić information content (AvgIpc) is 3.20. The van der Waals surface area contributed by atoms with Gasteiger partial charge in [0.15, 0.2) is 5.82 Å². The van der Waals surface area contributed by atoms with Gasteiger partial charge in [-0.25, -0.2) is 4.98 Å². The van der Waals surface area contributed by atoms with Crippen molar-refractivity contribution in [1.82, 2.24) is 15.2 Å². The molecule has 116 valence electrons. The van der Waals surface area contributed by atoms with Crippen LogP contribution in [0.2, 0.25) is 0 Å². The first-order valence-corrected chi connectivity index (χ1v) is 7.56. The first-order chi connectivity index (χ1) is 11.1. The molecule has 0 fully saturated rings. The Morgan fingerprint density at radius 3 is 2.78 bits per heavy atom. The molecule has 0 spiro atoms. The van der Waals surface area contributed by atoms with Crippen molar-refractivity contribution in [1.29, 1.82) is 0 Å². The van der Waals surface area contributed by atoms with Crippen LogP contribution in [-0.4, -0.2) is 26.1 Å². The van der Waals surface area contributed by atoms with E-state index in [1.54, 1.807) is 0 Å². The van der Waals surface area contributed by atoms with E-state index in [1.165, 1.54) is 36.2 Å². The van der Waals surface area contributed by atoms with Gasteiger partial charge in [0.2, 0.25) is 5.78 Å². The van der Waals surface area contributed by atoms with E-state index in [0.29, 0.717) is 10.5 Å². The molecule has 0 aliphatic carbocycles. The van der Waals surface area contributed by atoms with Crippen molar-refractivity contribution in [3.05, 3.63) is 66.1 Å². The molecule has 2 heterocycles. The highest BCUT2D eigenvalue weighted by molar-refractivity contribution is 7.99. The van der Waals surface area contributed by atoms with Crippen molar-refractivity contribution in [2.75, 3.05) is 0 Å². The molecule has 0 saturated carbocycles. The van der Waals surface area contributed by atoms with Crippen LogP contribution in [0.4, 0.5) is 0 Å². The molecular weight excluding hydrogens is 314 g/mol. The van der Waals surface area contributed by atoms with Crippen LogP contribution < -0.4 is 0 Å². The maximum Gasteiger partial charge on any atom is 0.226 e. The molecule has 1 aromatic carbocycles. The Morgan fingerprint density at radius 1 is 1.30 bits per heavy atom. The molecule has 0 bridgehead atoms. The zero-order valence-corrected chi connectivity index (χ0v) is 13.0. The maximum absolute atomic E-state index is 11.9. The fourth-order valence-electron chi connectivity index (χ4n) is 1.88. The number of furan rings is 1. The third-order valence-electron chi connectivity index (χ3n) is 3.07. The normalized spacial score (nSPS) is 11.6. The number of carbonyl (C=O) groups is 1. The Labute approximate surface area is 136 Å². The molecular formula is C16H13N3O3S. The number of aliphatic hydroxyl groups excluding tert-OH is 1. The topological polar surface area (TPSA) is 92.0 Å². The number of nitrogens with one attached hydrogen (secondary N) is 1. The number of hydrogen-bond acceptors (Lipinski definition) is 6. The Hall–Kier alpha value is -2.80. The standard InChI is InChI=1S/C16H13N3O3S/c1-10-2-4-11(5-3-10)23-15-8-22-7-12(15)13(20)6-14(21)16-17-9-18-19-16/h2-9,20H,1H3,(H,17,18,19). The number of aromatic amines is 1. The lowest BCUT2D eigenvalue weighted by atomic mass is 10.2. The first kappa shape index (κ1) is 15.1. The molecule has 3 aromatic rings. The highest BCUT2D eigenvalue weighted by atomic mass is 32.2. The highest BCUT2D eigenvalue weighted by Gasteiger charge is 2.14. The lowest BCUT2D eigenvalue weighted by Crippen LogP contribution is -1.99. The van der Waals surface area contributed by atoms with E-state index in [1.807, 2.05) is 31.2 Å². The zero-order valence-electron chi connectivity index (χ0n) is 12.2. The second-order valence-electron chi connectivity index (χ2n) is 4.79. The average molecular weight is 327 g/mol. The van der Waals surface area contributed by atoms with Gasteiger partial charge in [-0.05, 0) is 19.1 Å². The van der Waals surface area contributed by atoms with Gasteiger partial charge in [-0.1, -0.05) is 29.5 Å². The molecule has 0 aliphatic heterocycles. The molecule has 0 radical (unpaired) electrons. The number of carbonyl (C=O) groups excluding carboxylic acids is 1. The van der Waals surface area contributed by atoms with E-state index < -0.39 is 5.78 Å². The highest BCUT2D eigenvalue weighted by Crippen LogP contribution is 2.34. The van der Waals surface area contributed by atoms with Crippen LogP contribution in [0.3, 0.4) is 0 Å². The summed E-state index contributed by atoms with van der Waals surface area (Å²) >= 11 is 1.44. The van der Waals surface area contributed by atoms with E-state index in [4.69, 9.17) is 4.42 Å². The van der Waals surface area contributed by atoms with Crippen LogP contribution in [0.15, 0.2) is 63.4 Å². The van der Waals surface area contributed by atoms with Gasteiger partial charge in [0.25, 0.3) is 0 Å². The monoisotopic (exact) mass is 327 g/mol. The van der Waals surface area contributed by atoms with Crippen LogP contribution in [0, 0.1) is 6.92 Å². The van der Waals surface area contributed by atoms with E-state index >= 15 is 0 Å². The Morgan fingerprint density at radius 2 is 2.09 bits per heavy atom. The number of benzene rings is 1. The predicted molar refractivity (Wildman–Crippen MR) is 85.3 cm³/mol. The molecule has 0 amide bonds. The van der Waals surface area contributed by atoms with Crippen LogP contribution in [-0.2, 0) is 0 Å². The molecule has 3 rings (SSSR count). The number of aromatic nitrogens is 3. The lowest BCUT2D eigenvalue weighted by Gasteiger charge is -2.03. The largest absolute Gasteiger partial charge is 0.507 e. The van der Waals surface area contributed by atoms with Crippen molar-refractivity contribution in [3.63, 3.8) is 0 Å².